The molecule has 0 saturated heterocycles. The van der Waals surface area contributed by atoms with E-state index in [1.54, 1.807) is 6.08 Å². The lowest BCUT2D eigenvalue weighted by atomic mass is 9.85. The summed E-state index contributed by atoms with van der Waals surface area (Å²) in [6.07, 6.45) is 8.37. The first-order valence-corrected chi connectivity index (χ1v) is 5.07. The highest BCUT2D eigenvalue weighted by molar-refractivity contribution is 4.72. The minimum atomic E-state index is 0.521. The normalized spacial score (nSPS) is 28.6. The zero-order valence-electron chi connectivity index (χ0n) is 8.55. The molecular weight excluding hydrogens is 146 g/mol. The first-order chi connectivity index (χ1) is 5.74. The van der Waals surface area contributed by atoms with Crippen molar-refractivity contribution in [2.24, 2.45) is 11.7 Å². The summed E-state index contributed by atoms with van der Waals surface area (Å²) < 4.78 is 0. The van der Waals surface area contributed by atoms with E-state index in [9.17, 15) is 0 Å². The van der Waals surface area contributed by atoms with Crippen LogP contribution in [0.5, 0.6) is 0 Å². The van der Waals surface area contributed by atoms with Crippen molar-refractivity contribution < 1.29 is 0 Å². The molecule has 0 radical (unpaired) electrons. The molecule has 0 heterocycles. The van der Waals surface area contributed by atoms with E-state index in [1.165, 1.54) is 32.1 Å². The number of hydrogen-bond donors (Lipinski definition) is 1. The van der Waals surface area contributed by atoms with Gasteiger partial charge in [0.2, 0.25) is 0 Å². The Bertz CT molecular complexity index is 102. The van der Waals surface area contributed by atoms with Gasteiger partial charge in [0.05, 0.1) is 0 Å². The van der Waals surface area contributed by atoms with Crippen LogP contribution in [0.4, 0.5) is 0 Å². The molecule has 0 atom stereocenters. The molecule has 1 heteroatoms. The summed E-state index contributed by atoms with van der Waals surface area (Å²) in [5, 5.41) is 0. The topological polar surface area (TPSA) is 26.0 Å². The Kier molecular flexibility index (Phi) is 7.17. The molecule has 1 rings (SSSR count). The van der Waals surface area contributed by atoms with Crippen LogP contribution in [-0.2, 0) is 0 Å². The summed E-state index contributed by atoms with van der Waals surface area (Å²) in [5.41, 5.74) is 5.75. The van der Waals surface area contributed by atoms with Crippen molar-refractivity contribution in [1.82, 2.24) is 0 Å². The van der Waals surface area contributed by atoms with E-state index in [0.717, 1.165) is 5.92 Å². The van der Waals surface area contributed by atoms with Crippen LogP contribution in [0.15, 0.2) is 12.7 Å². The molecule has 0 aromatic rings. The minimum Gasteiger partial charge on any atom is -0.328 e. The second-order valence-corrected chi connectivity index (χ2v) is 3.60. The Labute approximate surface area is 77.0 Å². The zero-order chi connectivity index (χ0) is 9.40. The Morgan fingerprint density at radius 2 is 1.75 bits per heavy atom. The first-order valence-electron chi connectivity index (χ1n) is 5.07. The molecule has 0 aromatic carbocycles. The van der Waals surface area contributed by atoms with Crippen LogP contribution in [0.25, 0.3) is 0 Å². The van der Waals surface area contributed by atoms with Crippen molar-refractivity contribution >= 4 is 0 Å². The lowest BCUT2D eigenvalue weighted by Gasteiger charge is -2.24. The second kappa shape index (κ2) is 7.35. The third-order valence-corrected chi connectivity index (χ3v) is 2.47. The quantitative estimate of drug-likeness (QED) is 0.600. The fraction of sp³-hybridized carbons (Fsp3) is 0.818. The van der Waals surface area contributed by atoms with Crippen LogP contribution in [0.2, 0.25) is 0 Å². The highest BCUT2D eigenvalue weighted by Gasteiger charge is 2.15. The van der Waals surface area contributed by atoms with E-state index in [0.29, 0.717) is 6.04 Å². The van der Waals surface area contributed by atoms with Crippen molar-refractivity contribution in [3.05, 3.63) is 12.7 Å². The molecule has 1 aliphatic rings. The summed E-state index contributed by atoms with van der Waals surface area (Å²) >= 11 is 0. The second-order valence-electron chi connectivity index (χ2n) is 3.60. The van der Waals surface area contributed by atoms with E-state index >= 15 is 0 Å². The van der Waals surface area contributed by atoms with Gasteiger partial charge in [-0.25, -0.2) is 0 Å². The van der Waals surface area contributed by atoms with Crippen molar-refractivity contribution in [3.8, 4) is 0 Å². The molecule has 1 aliphatic carbocycles. The molecule has 0 amide bonds. The predicted octanol–water partition coefficient (Wildman–Crippen LogP) is 3.11. The monoisotopic (exact) mass is 169 g/mol. The van der Waals surface area contributed by atoms with Crippen molar-refractivity contribution in [3.63, 3.8) is 0 Å². The fourth-order valence-electron chi connectivity index (χ4n) is 1.60. The third-order valence-electron chi connectivity index (χ3n) is 2.47. The minimum absolute atomic E-state index is 0.521. The molecule has 12 heavy (non-hydrogen) atoms. The smallest absolute Gasteiger partial charge is 0.00390 e. The Hall–Kier alpha value is -0.300. The summed E-state index contributed by atoms with van der Waals surface area (Å²) in [4.78, 5) is 0. The van der Waals surface area contributed by atoms with Gasteiger partial charge in [-0.15, -0.1) is 6.58 Å². The van der Waals surface area contributed by atoms with Crippen molar-refractivity contribution in [1.29, 1.82) is 0 Å². The largest absolute Gasteiger partial charge is 0.328 e. The number of nitrogens with two attached hydrogens (primary N) is 1. The summed E-state index contributed by atoms with van der Waals surface area (Å²) in [7, 11) is 0. The van der Waals surface area contributed by atoms with Gasteiger partial charge >= 0.3 is 0 Å². The third kappa shape index (κ3) is 5.36. The maximum absolute atomic E-state index is 5.75. The maximum atomic E-state index is 5.75. The van der Waals surface area contributed by atoms with Crippen LogP contribution in [-0.4, -0.2) is 6.04 Å². The van der Waals surface area contributed by atoms with Gasteiger partial charge in [-0.3, -0.25) is 0 Å². The average molecular weight is 169 g/mol. The number of hydrogen-bond acceptors (Lipinski definition) is 1. The highest BCUT2D eigenvalue weighted by Crippen LogP contribution is 2.24. The van der Waals surface area contributed by atoms with Gasteiger partial charge in [0, 0.05) is 6.04 Å². The van der Waals surface area contributed by atoms with Gasteiger partial charge in [0.15, 0.2) is 0 Å². The van der Waals surface area contributed by atoms with E-state index < -0.39 is 0 Å². The van der Waals surface area contributed by atoms with Crippen LogP contribution < -0.4 is 5.73 Å². The Morgan fingerprint density at radius 1 is 1.33 bits per heavy atom. The zero-order valence-corrected chi connectivity index (χ0v) is 8.55. The SMILES string of the molecule is C=CC.CCC1CCC(N)CC1. The van der Waals surface area contributed by atoms with Gasteiger partial charge in [0.1, 0.15) is 0 Å². The van der Waals surface area contributed by atoms with Gasteiger partial charge in [-0.2, -0.15) is 0 Å². The Balaban J connectivity index is 0.000000354. The van der Waals surface area contributed by atoms with Crippen LogP contribution >= 0.6 is 0 Å². The molecule has 0 unspecified atom stereocenters. The van der Waals surface area contributed by atoms with Gasteiger partial charge < -0.3 is 5.73 Å². The van der Waals surface area contributed by atoms with E-state index in [1.807, 2.05) is 6.92 Å². The molecule has 1 saturated carbocycles. The van der Waals surface area contributed by atoms with Crippen molar-refractivity contribution in [2.75, 3.05) is 0 Å². The van der Waals surface area contributed by atoms with Crippen molar-refractivity contribution in [2.45, 2.75) is 52.0 Å². The number of rotatable bonds is 1. The highest BCUT2D eigenvalue weighted by atomic mass is 14.6. The predicted molar refractivity (Wildman–Crippen MR) is 56.1 cm³/mol. The molecule has 0 bridgehead atoms. The lowest BCUT2D eigenvalue weighted by Crippen LogP contribution is -2.26. The fourth-order valence-corrected chi connectivity index (χ4v) is 1.60. The standard InChI is InChI=1S/C8H17N.C3H6/c1-2-7-3-5-8(9)6-4-7;1-3-2/h7-8H,2-6,9H2,1H3;3H,1H2,2H3. The number of allylic oxidation sites excluding steroid dienone is 1. The summed E-state index contributed by atoms with van der Waals surface area (Å²) in [6, 6.07) is 0.521. The molecule has 1 fully saturated rings. The average Bonchev–Trinajstić information content (AvgIpc) is 2.07. The molecule has 1 nitrogen and oxygen atoms in total. The van der Waals surface area contributed by atoms with E-state index in [2.05, 4.69) is 13.5 Å². The Morgan fingerprint density at radius 3 is 2.08 bits per heavy atom. The molecule has 0 aromatic heterocycles. The molecule has 2 N–H and O–H groups in total. The van der Waals surface area contributed by atoms with Crippen LogP contribution in [0.3, 0.4) is 0 Å². The summed E-state index contributed by atoms with van der Waals surface area (Å²) in [5.74, 6) is 0.991. The van der Waals surface area contributed by atoms with Crippen LogP contribution in [0, 0.1) is 5.92 Å². The van der Waals surface area contributed by atoms with Gasteiger partial charge in [-0.1, -0.05) is 19.4 Å². The van der Waals surface area contributed by atoms with Gasteiger partial charge in [-0.05, 0) is 38.5 Å². The van der Waals surface area contributed by atoms with Gasteiger partial charge in [0.25, 0.3) is 0 Å². The molecule has 0 aliphatic heterocycles. The summed E-state index contributed by atoms with van der Waals surface area (Å²) in [6.45, 7) is 7.53. The molecular formula is C11H23N. The van der Waals surface area contributed by atoms with Crippen LogP contribution in [0.1, 0.15) is 46.0 Å². The van der Waals surface area contributed by atoms with E-state index in [4.69, 9.17) is 5.73 Å². The van der Waals surface area contributed by atoms with E-state index in [-0.39, 0.29) is 0 Å². The maximum Gasteiger partial charge on any atom is 0.00390 e. The lowest BCUT2D eigenvalue weighted by molar-refractivity contribution is 0.319. The first kappa shape index (κ1) is 11.7. The molecule has 0 spiro atoms. The molecule has 72 valence electrons.